The monoisotopic (exact) mass is 262 g/mol. The first-order valence-corrected chi connectivity index (χ1v) is 8.10. The van der Waals surface area contributed by atoms with Crippen LogP contribution in [0.1, 0.15) is 51.9 Å². The van der Waals surface area contributed by atoms with Crippen molar-refractivity contribution >= 4 is 0 Å². The van der Waals surface area contributed by atoms with Crippen LogP contribution in [0.3, 0.4) is 0 Å². The topological polar surface area (TPSA) is 36.3 Å². The fourth-order valence-corrected chi connectivity index (χ4v) is 4.49. The highest BCUT2D eigenvalue weighted by Gasteiger charge is 2.43. The van der Waals surface area contributed by atoms with Crippen LogP contribution in [0.2, 0.25) is 0 Å². The number of hydrogen-bond donors (Lipinski definition) is 0. The molecule has 3 heteroatoms. The van der Waals surface area contributed by atoms with Crippen LogP contribution < -0.4 is 0 Å². The lowest BCUT2D eigenvalue weighted by Gasteiger charge is -2.47. The average Bonchev–Trinajstić information content (AvgIpc) is 2.94. The van der Waals surface area contributed by atoms with Gasteiger partial charge in [-0.05, 0) is 44.4 Å². The minimum atomic E-state index is 0.252. The first-order chi connectivity index (χ1) is 9.33. The second kappa shape index (κ2) is 5.81. The number of fused-ring (bicyclic) bond motifs is 1. The predicted molar refractivity (Wildman–Crippen MR) is 74.6 cm³/mol. The highest BCUT2D eigenvalue weighted by molar-refractivity contribution is 5.01. The highest BCUT2D eigenvalue weighted by Crippen LogP contribution is 2.39. The standard InChI is InChI=1S/C16H26N2O/c1-2-12-6-7-13(11-17)15(10-12)18-8-9-19-16-5-3-4-14(16)18/h12-16H,2-10H2,1H3. The van der Waals surface area contributed by atoms with Crippen LogP contribution in [0, 0.1) is 23.2 Å². The number of ether oxygens (including phenoxy) is 1. The SMILES string of the molecule is CCC1CCC(C#N)C(N2CCOC3CCCC32)C1. The number of nitriles is 1. The number of rotatable bonds is 2. The first kappa shape index (κ1) is 13.4. The maximum Gasteiger partial charge on any atom is 0.0731 e. The summed E-state index contributed by atoms with van der Waals surface area (Å²) in [6, 6.07) is 3.69. The molecule has 0 amide bonds. The third-order valence-corrected chi connectivity index (χ3v) is 5.62. The normalized spacial score (nSPS) is 43.7. The second-order valence-corrected chi connectivity index (χ2v) is 6.54. The molecular formula is C16H26N2O. The van der Waals surface area contributed by atoms with E-state index < -0.39 is 0 Å². The quantitative estimate of drug-likeness (QED) is 0.767. The van der Waals surface area contributed by atoms with Crippen molar-refractivity contribution in [3.05, 3.63) is 0 Å². The van der Waals surface area contributed by atoms with Gasteiger partial charge >= 0.3 is 0 Å². The molecule has 2 saturated carbocycles. The third-order valence-electron chi connectivity index (χ3n) is 5.62. The van der Waals surface area contributed by atoms with Crippen molar-refractivity contribution in [3.8, 4) is 6.07 Å². The summed E-state index contributed by atoms with van der Waals surface area (Å²) in [6.07, 6.45) is 9.12. The van der Waals surface area contributed by atoms with E-state index in [4.69, 9.17) is 4.74 Å². The molecule has 0 aromatic carbocycles. The fourth-order valence-electron chi connectivity index (χ4n) is 4.49. The molecule has 0 spiro atoms. The van der Waals surface area contributed by atoms with E-state index in [0.29, 0.717) is 18.2 Å². The molecule has 19 heavy (non-hydrogen) atoms. The molecule has 3 aliphatic rings. The summed E-state index contributed by atoms with van der Waals surface area (Å²) >= 11 is 0. The lowest BCUT2D eigenvalue weighted by molar-refractivity contribution is -0.0854. The van der Waals surface area contributed by atoms with E-state index in [1.807, 2.05) is 0 Å². The van der Waals surface area contributed by atoms with Gasteiger partial charge in [0, 0.05) is 18.6 Å². The Kier molecular flexibility index (Phi) is 4.10. The summed E-state index contributed by atoms with van der Waals surface area (Å²) in [5, 5.41) is 9.48. The number of hydrogen-bond acceptors (Lipinski definition) is 3. The van der Waals surface area contributed by atoms with E-state index in [0.717, 1.165) is 25.5 Å². The van der Waals surface area contributed by atoms with Crippen molar-refractivity contribution in [2.24, 2.45) is 11.8 Å². The van der Waals surface area contributed by atoms with Crippen LogP contribution in [0.5, 0.6) is 0 Å². The molecular weight excluding hydrogens is 236 g/mol. The molecule has 0 aromatic rings. The molecule has 106 valence electrons. The van der Waals surface area contributed by atoms with E-state index in [9.17, 15) is 5.26 Å². The Morgan fingerprint density at radius 3 is 2.89 bits per heavy atom. The molecule has 0 N–H and O–H groups in total. The van der Waals surface area contributed by atoms with Gasteiger partial charge in [-0.3, -0.25) is 4.90 Å². The molecule has 0 aromatic heterocycles. The molecule has 2 aliphatic carbocycles. The molecule has 5 atom stereocenters. The van der Waals surface area contributed by atoms with Crippen molar-refractivity contribution < 1.29 is 4.74 Å². The Morgan fingerprint density at radius 1 is 1.21 bits per heavy atom. The molecule has 0 radical (unpaired) electrons. The minimum absolute atomic E-state index is 0.252. The van der Waals surface area contributed by atoms with Gasteiger partial charge in [-0.25, -0.2) is 0 Å². The maximum absolute atomic E-state index is 9.48. The zero-order valence-electron chi connectivity index (χ0n) is 12.1. The van der Waals surface area contributed by atoms with Gasteiger partial charge in [0.2, 0.25) is 0 Å². The van der Waals surface area contributed by atoms with Crippen LogP contribution in [-0.4, -0.2) is 36.2 Å². The fraction of sp³-hybridized carbons (Fsp3) is 0.938. The summed E-state index contributed by atoms with van der Waals surface area (Å²) < 4.78 is 5.92. The van der Waals surface area contributed by atoms with E-state index >= 15 is 0 Å². The highest BCUT2D eigenvalue weighted by atomic mass is 16.5. The van der Waals surface area contributed by atoms with Gasteiger partial charge < -0.3 is 4.74 Å². The Morgan fingerprint density at radius 2 is 2.11 bits per heavy atom. The summed E-state index contributed by atoms with van der Waals surface area (Å²) in [6.45, 7) is 4.21. The zero-order valence-corrected chi connectivity index (χ0v) is 12.1. The maximum atomic E-state index is 9.48. The van der Waals surface area contributed by atoms with Crippen LogP contribution in [0.25, 0.3) is 0 Å². The summed E-state index contributed by atoms with van der Waals surface area (Å²) in [4.78, 5) is 2.66. The lowest BCUT2D eigenvalue weighted by atomic mass is 9.76. The van der Waals surface area contributed by atoms with Gasteiger partial charge in [-0.2, -0.15) is 5.26 Å². The molecule has 1 saturated heterocycles. The van der Waals surface area contributed by atoms with Crippen molar-refractivity contribution in [1.82, 2.24) is 4.90 Å². The van der Waals surface area contributed by atoms with Gasteiger partial charge in [0.05, 0.1) is 24.7 Å². The van der Waals surface area contributed by atoms with Crippen molar-refractivity contribution in [3.63, 3.8) is 0 Å². The van der Waals surface area contributed by atoms with E-state index in [1.54, 1.807) is 0 Å². The van der Waals surface area contributed by atoms with Gasteiger partial charge in [-0.15, -0.1) is 0 Å². The molecule has 1 heterocycles. The van der Waals surface area contributed by atoms with Crippen LogP contribution in [0.4, 0.5) is 0 Å². The van der Waals surface area contributed by atoms with Crippen LogP contribution in [0.15, 0.2) is 0 Å². The van der Waals surface area contributed by atoms with Gasteiger partial charge in [0.15, 0.2) is 0 Å². The minimum Gasteiger partial charge on any atom is -0.375 e. The Hall–Kier alpha value is -0.590. The third kappa shape index (κ3) is 2.53. The van der Waals surface area contributed by atoms with E-state index in [1.165, 1.54) is 38.5 Å². The molecule has 0 bridgehead atoms. The Balaban J connectivity index is 1.75. The Labute approximate surface area is 116 Å². The van der Waals surface area contributed by atoms with Crippen LogP contribution in [-0.2, 0) is 4.74 Å². The van der Waals surface area contributed by atoms with Gasteiger partial charge in [0.1, 0.15) is 0 Å². The largest absolute Gasteiger partial charge is 0.375 e. The van der Waals surface area contributed by atoms with E-state index in [2.05, 4.69) is 17.9 Å². The average molecular weight is 262 g/mol. The zero-order chi connectivity index (χ0) is 13.2. The molecule has 5 unspecified atom stereocenters. The van der Waals surface area contributed by atoms with Crippen molar-refractivity contribution in [1.29, 1.82) is 5.26 Å². The molecule has 3 rings (SSSR count). The van der Waals surface area contributed by atoms with Crippen molar-refractivity contribution in [2.75, 3.05) is 13.2 Å². The summed E-state index contributed by atoms with van der Waals surface area (Å²) in [5.41, 5.74) is 0. The van der Waals surface area contributed by atoms with Crippen molar-refractivity contribution in [2.45, 2.75) is 70.1 Å². The Bertz CT molecular complexity index is 351. The first-order valence-electron chi connectivity index (χ1n) is 8.10. The molecule has 1 aliphatic heterocycles. The number of morpholine rings is 1. The van der Waals surface area contributed by atoms with Gasteiger partial charge in [-0.1, -0.05) is 13.3 Å². The molecule has 3 nitrogen and oxygen atoms in total. The molecule has 3 fully saturated rings. The number of nitrogens with zero attached hydrogens (tertiary/aromatic N) is 2. The second-order valence-electron chi connectivity index (χ2n) is 6.54. The lowest BCUT2D eigenvalue weighted by Crippen LogP contribution is -2.56. The van der Waals surface area contributed by atoms with E-state index in [-0.39, 0.29) is 5.92 Å². The summed E-state index contributed by atoms with van der Waals surface area (Å²) in [5.74, 6) is 1.08. The summed E-state index contributed by atoms with van der Waals surface area (Å²) in [7, 11) is 0. The van der Waals surface area contributed by atoms with Gasteiger partial charge in [0.25, 0.3) is 0 Å². The van der Waals surface area contributed by atoms with Crippen LogP contribution >= 0.6 is 0 Å². The predicted octanol–water partition coefficient (Wildman–Crippen LogP) is 2.96. The smallest absolute Gasteiger partial charge is 0.0731 e.